The summed E-state index contributed by atoms with van der Waals surface area (Å²) in [5.74, 6) is -0.758. The predicted octanol–water partition coefficient (Wildman–Crippen LogP) is 5.74. The van der Waals surface area contributed by atoms with Crippen molar-refractivity contribution in [3.05, 3.63) is 89.0 Å². The summed E-state index contributed by atoms with van der Waals surface area (Å²) in [6, 6.07) is 19.9. The molecule has 2 atom stereocenters. The third-order valence-corrected chi connectivity index (χ3v) is 7.36. The van der Waals surface area contributed by atoms with E-state index in [1.807, 2.05) is 69.3 Å². The Hall–Kier alpha value is -3.84. The zero-order chi connectivity index (χ0) is 28.1. The van der Waals surface area contributed by atoms with Gasteiger partial charge in [0.1, 0.15) is 18.7 Å². The first-order valence-corrected chi connectivity index (χ1v) is 13.6. The Bertz CT molecular complexity index is 1330. The Kier molecular flexibility index (Phi) is 8.92. The third-order valence-electron chi connectivity index (χ3n) is 7.07. The van der Waals surface area contributed by atoms with E-state index in [1.165, 1.54) is 0 Å². The highest BCUT2D eigenvalue weighted by atomic mass is 35.5. The van der Waals surface area contributed by atoms with Crippen LogP contribution in [0.2, 0.25) is 0 Å². The SMILES string of the molecule is Cc1cc(NC(=O)C(C)NC(=O)C(NC(=O)OCC2c3ccccc3-c3ccccc32)C(C)C)ccc1CCl. The average Bonchev–Trinajstić information content (AvgIpc) is 3.24. The summed E-state index contributed by atoms with van der Waals surface area (Å²) in [6.45, 7) is 7.30. The molecule has 0 aromatic heterocycles. The monoisotopic (exact) mass is 547 g/mol. The molecule has 3 aromatic rings. The molecular formula is C31H34ClN3O4. The smallest absolute Gasteiger partial charge is 0.407 e. The number of hydrogen-bond donors (Lipinski definition) is 3. The van der Waals surface area contributed by atoms with Crippen molar-refractivity contribution in [2.75, 3.05) is 11.9 Å². The maximum Gasteiger partial charge on any atom is 0.407 e. The standard InChI is InChI=1S/C31H34ClN3O4/c1-18(2)28(30(37)33-20(4)29(36)34-22-14-13-21(16-32)19(3)15-22)35-31(38)39-17-27-25-11-7-5-9-23(25)24-10-6-8-12-26(24)27/h5-15,18,20,27-28H,16-17H2,1-4H3,(H,33,37)(H,34,36)(H,35,38). The maximum absolute atomic E-state index is 13.0. The molecule has 3 aromatic carbocycles. The van der Waals surface area contributed by atoms with Crippen molar-refractivity contribution >= 4 is 35.2 Å². The molecule has 0 heterocycles. The summed E-state index contributed by atoms with van der Waals surface area (Å²) in [5, 5.41) is 8.20. The molecule has 8 heteroatoms. The summed E-state index contributed by atoms with van der Waals surface area (Å²) in [4.78, 5) is 38.5. The van der Waals surface area contributed by atoms with Crippen LogP contribution < -0.4 is 16.0 Å². The highest BCUT2D eigenvalue weighted by Crippen LogP contribution is 2.44. The molecule has 204 valence electrons. The topological polar surface area (TPSA) is 96.5 Å². The normalized spacial score (nSPS) is 13.7. The van der Waals surface area contributed by atoms with Gasteiger partial charge in [-0.25, -0.2) is 4.79 Å². The second kappa shape index (κ2) is 12.3. The van der Waals surface area contributed by atoms with Gasteiger partial charge in [-0.3, -0.25) is 9.59 Å². The van der Waals surface area contributed by atoms with E-state index in [0.717, 1.165) is 33.4 Å². The first-order chi connectivity index (χ1) is 18.7. The molecule has 7 nitrogen and oxygen atoms in total. The van der Waals surface area contributed by atoms with Crippen LogP contribution in [-0.2, 0) is 20.2 Å². The zero-order valence-corrected chi connectivity index (χ0v) is 23.3. The molecule has 1 aliphatic carbocycles. The van der Waals surface area contributed by atoms with Gasteiger partial charge in [0.25, 0.3) is 0 Å². The number of amides is 3. The van der Waals surface area contributed by atoms with Gasteiger partial charge in [-0.2, -0.15) is 0 Å². The van der Waals surface area contributed by atoms with Crippen LogP contribution >= 0.6 is 11.6 Å². The molecule has 39 heavy (non-hydrogen) atoms. The molecule has 0 saturated heterocycles. The number of halogens is 1. The largest absolute Gasteiger partial charge is 0.449 e. The summed E-state index contributed by atoms with van der Waals surface area (Å²) in [6.07, 6.45) is -0.683. The van der Waals surface area contributed by atoms with Gasteiger partial charge in [-0.15, -0.1) is 11.6 Å². The van der Waals surface area contributed by atoms with E-state index in [0.29, 0.717) is 11.6 Å². The van der Waals surface area contributed by atoms with Crippen molar-refractivity contribution < 1.29 is 19.1 Å². The van der Waals surface area contributed by atoms with Gasteiger partial charge in [0.15, 0.2) is 0 Å². The number of anilines is 1. The molecule has 0 bridgehead atoms. The number of nitrogens with one attached hydrogen (secondary N) is 3. The Balaban J connectivity index is 1.34. The molecule has 2 unspecified atom stereocenters. The van der Waals surface area contributed by atoms with Crippen LogP contribution in [0.1, 0.15) is 48.9 Å². The van der Waals surface area contributed by atoms with Gasteiger partial charge in [0.2, 0.25) is 11.8 Å². The molecule has 3 amide bonds. The molecular weight excluding hydrogens is 514 g/mol. The van der Waals surface area contributed by atoms with Crippen molar-refractivity contribution in [1.82, 2.24) is 10.6 Å². The molecule has 0 fully saturated rings. The summed E-state index contributed by atoms with van der Waals surface area (Å²) in [7, 11) is 0. The van der Waals surface area contributed by atoms with Crippen molar-refractivity contribution in [3.63, 3.8) is 0 Å². The maximum atomic E-state index is 13.0. The summed E-state index contributed by atoms with van der Waals surface area (Å²) in [5.41, 5.74) is 7.05. The number of alkyl halides is 1. The minimum Gasteiger partial charge on any atom is -0.449 e. The van der Waals surface area contributed by atoms with Crippen LogP contribution in [0.3, 0.4) is 0 Å². The fourth-order valence-electron chi connectivity index (χ4n) is 4.84. The second-order valence-electron chi connectivity index (χ2n) is 10.2. The van der Waals surface area contributed by atoms with E-state index in [1.54, 1.807) is 13.0 Å². The molecule has 0 radical (unpaired) electrons. The van der Waals surface area contributed by atoms with Crippen molar-refractivity contribution in [3.8, 4) is 11.1 Å². The van der Waals surface area contributed by atoms with Crippen LogP contribution in [-0.4, -0.2) is 36.6 Å². The Morgan fingerprint density at radius 3 is 2.05 bits per heavy atom. The molecule has 3 N–H and O–H groups in total. The molecule has 4 rings (SSSR count). The van der Waals surface area contributed by atoms with E-state index in [9.17, 15) is 14.4 Å². The van der Waals surface area contributed by atoms with E-state index in [2.05, 4.69) is 28.1 Å². The average molecular weight is 548 g/mol. The minimum atomic E-state index is -0.874. The number of rotatable bonds is 9. The molecule has 0 saturated carbocycles. The highest BCUT2D eigenvalue weighted by molar-refractivity contribution is 6.17. The number of ether oxygens (including phenoxy) is 1. The Morgan fingerprint density at radius 1 is 0.872 bits per heavy atom. The number of carbonyl (C=O) groups excluding carboxylic acids is 3. The second-order valence-corrected chi connectivity index (χ2v) is 10.5. The number of alkyl carbamates (subject to hydrolysis) is 1. The van der Waals surface area contributed by atoms with Crippen molar-refractivity contribution in [2.45, 2.75) is 51.6 Å². The molecule has 0 aliphatic heterocycles. The van der Waals surface area contributed by atoms with Gasteiger partial charge in [-0.1, -0.05) is 68.4 Å². The number of fused-ring (bicyclic) bond motifs is 3. The first-order valence-electron chi connectivity index (χ1n) is 13.1. The van der Waals surface area contributed by atoms with E-state index in [4.69, 9.17) is 16.3 Å². The molecule has 0 spiro atoms. The van der Waals surface area contributed by atoms with Gasteiger partial charge in [0.05, 0.1) is 0 Å². The predicted molar refractivity (Wildman–Crippen MR) is 154 cm³/mol. The van der Waals surface area contributed by atoms with Gasteiger partial charge in [0, 0.05) is 17.5 Å². The lowest BCUT2D eigenvalue weighted by Gasteiger charge is -2.24. The quantitative estimate of drug-likeness (QED) is 0.298. The summed E-state index contributed by atoms with van der Waals surface area (Å²) < 4.78 is 5.61. The van der Waals surface area contributed by atoms with Crippen LogP contribution in [0.15, 0.2) is 66.7 Å². The molecule has 1 aliphatic rings. The van der Waals surface area contributed by atoms with E-state index < -0.39 is 24.1 Å². The fourth-order valence-corrected chi connectivity index (χ4v) is 5.14. The van der Waals surface area contributed by atoms with Crippen LogP contribution in [0.5, 0.6) is 0 Å². The number of aryl methyl sites for hydroxylation is 1. The van der Waals surface area contributed by atoms with Crippen LogP contribution in [0.25, 0.3) is 11.1 Å². The van der Waals surface area contributed by atoms with Gasteiger partial charge < -0.3 is 20.7 Å². The van der Waals surface area contributed by atoms with Crippen LogP contribution in [0, 0.1) is 12.8 Å². The highest BCUT2D eigenvalue weighted by Gasteiger charge is 2.31. The van der Waals surface area contributed by atoms with E-state index >= 15 is 0 Å². The van der Waals surface area contributed by atoms with Crippen LogP contribution in [0.4, 0.5) is 10.5 Å². The number of benzene rings is 3. The van der Waals surface area contributed by atoms with Crippen molar-refractivity contribution in [2.24, 2.45) is 5.92 Å². The van der Waals surface area contributed by atoms with Gasteiger partial charge >= 0.3 is 6.09 Å². The Morgan fingerprint density at radius 2 is 1.49 bits per heavy atom. The van der Waals surface area contributed by atoms with Gasteiger partial charge in [-0.05, 0) is 65.3 Å². The number of carbonyl (C=O) groups is 3. The lowest BCUT2D eigenvalue weighted by atomic mass is 9.98. The van der Waals surface area contributed by atoms with E-state index in [-0.39, 0.29) is 24.3 Å². The zero-order valence-electron chi connectivity index (χ0n) is 22.6. The van der Waals surface area contributed by atoms with Crippen molar-refractivity contribution in [1.29, 1.82) is 0 Å². The minimum absolute atomic E-state index is 0.0830. The number of hydrogen-bond acceptors (Lipinski definition) is 4. The lowest BCUT2D eigenvalue weighted by Crippen LogP contribution is -2.53. The third kappa shape index (κ3) is 6.42. The lowest BCUT2D eigenvalue weighted by molar-refractivity contribution is -0.128. The summed E-state index contributed by atoms with van der Waals surface area (Å²) >= 11 is 5.91. The first kappa shape index (κ1) is 28.2. The Labute approximate surface area is 234 Å². The fraction of sp³-hybridized carbons (Fsp3) is 0.323.